The predicted octanol–water partition coefficient (Wildman–Crippen LogP) is 1.28. The van der Waals surface area contributed by atoms with E-state index >= 15 is 0 Å². The summed E-state index contributed by atoms with van der Waals surface area (Å²) in [4.78, 5) is 0. The largest absolute Gasteiger partial charge is 0.357 e. The van der Waals surface area contributed by atoms with Crippen molar-refractivity contribution in [3.05, 3.63) is 36.8 Å². The summed E-state index contributed by atoms with van der Waals surface area (Å²) >= 11 is 0. The van der Waals surface area contributed by atoms with Crippen LogP contribution in [-0.4, -0.2) is 13.0 Å². The topological polar surface area (TPSA) is 66.4 Å². The summed E-state index contributed by atoms with van der Waals surface area (Å²) in [6.07, 6.45) is 0.645. The summed E-state index contributed by atoms with van der Waals surface area (Å²) in [5, 5.41) is 0. The van der Waals surface area contributed by atoms with Crippen molar-refractivity contribution in [2.45, 2.75) is 6.42 Å². The number of anilines is 1. The Morgan fingerprint density at radius 1 is 1.31 bits per heavy atom. The highest BCUT2D eigenvalue weighted by Crippen LogP contribution is 2.10. The van der Waals surface area contributed by atoms with Gasteiger partial charge in [0.1, 0.15) is 0 Å². The second kappa shape index (κ2) is 3.76. The Kier molecular flexibility index (Phi) is 2.90. The molecule has 0 spiro atoms. The number of rotatable bonds is 3. The molecule has 0 bridgehead atoms. The molecule has 1 aromatic rings. The lowest BCUT2D eigenvalue weighted by atomic mass is 10.2. The number of nitrogens with one attached hydrogen (secondary N) is 1. The second-order valence-electron chi connectivity index (χ2n) is 2.52. The summed E-state index contributed by atoms with van der Waals surface area (Å²) in [5.74, 6) is 0. The van der Waals surface area contributed by atoms with Gasteiger partial charge in [0.25, 0.3) is 0 Å². The molecule has 0 aliphatic carbocycles. The van der Waals surface area contributed by atoms with Crippen LogP contribution in [0.15, 0.2) is 24.3 Å². The van der Waals surface area contributed by atoms with E-state index in [1.165, 1.54) is 0 Å². The van der Waals surface area contributed by atoms with Crippen molar-refractivity contribution < 1.29 is 13.0 Å². The Bertz CT molecular complexity index is 369. The van der Waals surface area contributed by atoms with Gasteiger partial charge in [-0.3, -0.25) is 9.27 Å². The van der Waals surface area contributed by atoms with E-state index in [1.54, 1.807) is 24.3 Å². The minimum atomic E-state index is -4.16. The summed E-state index contributed by atoms with van der Waals surface area (Å²) < 4.78 is 31.2. The van der Waals surface area contributed by atoms with Gasteiger partial charge in [0, 0.05) is 0 Å². The molecule has 0 aliphatic heterocycles. The van der Waals surface area contributed by atoms with Crippen molar-refractivity contribution >= 4 is 16.0 Å². The normalized spacial score (nSPS) is 11.2. The van der Waals surface area contributed by atoms with Crippen LogP contribution in [0.4, 0.5) is 5.69 Å². The van der Waals surface area contributed by atoms with Gasteiger partial charge in [-0.15, -0.1) is 0 Å². The monoisotopic (exact) mass is 200 g/mol. The van der Waals surface area contributed by atoms with Gasteiger partial charge < -0.3 is 0 Å². The van der Waals surface area contributed by atoms with Crippen LogP contribution in [0, 0.1) is 6.92 Å². The summed E-state index contributed by atoms with van der Waals surface area (Å²) in [5.41, 5.74) is 1.33. The van der Waals surface area contributed by atoms with Crippen LogP contribution in [-0.2, 0) is 16.7 Å². The van der Waals surface area contributed by atoms with Gasteiger partial charge in [-0.25, -0.2) is 0 Å². The third-order valence-electron chi connectivity index (χ3n) is 1.49. The molecule has 1 rings (SSSR count). The highest BCUT2D eigenvalue weighted by atomic mass is 32.2. The molecule has 0 fully saturated rings. The zero-order valence-corrected chi connectivity index (χ0v) is 7.71. The van der Waals surface area contributed by atoms with E-state index in [4.69, 9.17) is 4.55 Å². The molecule has 0 unspecified atom stereocenters. The predicted molar refractivity (Wildman–Crippen MR) is 50.7 cm³/mol. The van der Waals surface area contributed by atoms with E-state index in [2.05, 4.69) is 6.92 Å². The van der Waals surface area contributed by atoms with Gasteiger partial charge >= 0.3 is 10.3 Å². The lowest BCUT2D eigenvalue weighted by molar-refractivity contribution is 0.489. The Morgan fingerprint density at radius 2 is 1.85 bits per heavy atom. The smallest absolute Gasteiger partial charge is 0.269 e. The lowest BCUT2D eigenvalue weighted by Gasteiger charge is -2.02. The maximum Gasteiger partial charge on any atom is 0.357 e. The minimum absolute atomic E-state index is 0.333. The van der Waals surface area contributed by atoms with Crippen LogP contribution in [0.5, 0.6) is 0 Å². The number of benzene rings is 1. The number of hydrogen-bond donors (Lipinski definition) is 2. The standard InChI is InChI=1S/C8H10NO3S/c1-2-7-3-5-8(6-4-7)9-13(10,11)12/h3-6,9H,1-2H2,(H,10,11,12). The average molecular weight is 200 g/mol. The van der Waals surface area contributed by atoms with Crippen LogP contribution in [0.3, 0.4) is 0 Å². The Morgan fingerprint density at radius 3 is 2.23 bits per heavy atom. The van der Waals surface area contributed by atoms with Gasteiger partial charge in [-0.05, 0) is 31.0 Å². The van der Waals surface area contributed by atoms with Crippen LogP contribution in [0.25, 0.3) is 0 Å². The molecule has 0 atom stereocenters. The van der Waals surface area contributed by atoms with E-state index in [-0.39, 0.29) is 0 Å². The minimum Gasteiger partial charge on any atom is -0.269 e. The molecule has 0 amide bonds. The van der Waals surface area contributed by atoms with Crippen molar-refractivity contribution in [2.75, 3.05) is 4.72 Å². The fraction of sp³-hybridized carbons (Fsp3) is 0.125. The molecule has 0 saturated carbocycles. The Hall–Kier alpha value is -1.07. The van der Waals surface area contributed by atoms with E-state index < -0.39 is 10.3 Å². The molecular formula is C8H10NO3S. The second-order valence-corrected chi connectivity index (χ2v) is 3.68. The highest BCUT2D eigenvalue weighted by Gasteiger charge is 2.02. The molecule has 0 heterocycles. The molecular weight excluding hydrogens is 190 g/mol. The van der Waals surface area contributed by atoms with Crippen molar-refractivity contribution in [3.8, 4) is 0 Å². The fourth-order valence-corrected chi connectivity index (χ4v) is 1.32. The molecule has 0 saturated heterocycles. The van der Waals surface area contributed by atoms with Gasteiger partial charge in [0.2, 0.25) is 0 Å². The summed E-state index contributed by atoms with van der Waals surface area (Å²) in [6.45, 7) is 3.67. The first kappa shape index (κ1) is 10.0. The molecule has 71 valence electrons. The molecule has 2 N–H and O–H groups in total. The average Bonchev–Trinajstić information content (AvgIpc) is 2.03. The molecule has 0 aliphatic rings. The quantitative estimate of drug-likeness (QED) is 0.722. The molecule has 4 nitrogen and oxygen atoms in total. The highest BCUT2D eigenvalue weighted by molar-refractivity contribution is 7.87. The van der Waals surface area contributed by atoms with Gasteiger partial charge in [-0.1, -0.05) is 12.1 Å². The first-order valence-electron chi connectivity index (χ1n) is 3.64. The van der Waals surface area contributed by atoms with E-state index in [0.717, 1.165) is 5.56 Å². The van der Waals surface area contributed by atoms with Crippen LogP contribution >= 0.6 is 0 Å². The van der Waals surface area contributed by atoms with Crippen molar-refractivity contribution in [1.29, 1.82) is 0 Å². The van der Waals surface area contributed by atoms with E-state index in [1.807, 2.05) is 4.72 Å². The molecule has 5 heteroatoms. The Balaban J connectivity index is 2.81. The van der Waals surface area contributed by atoms with Gasteiger partial charge in [0.05, 0.1) is 5.69 Å². The van der Waals surface area contributed by atoms with Crippen LogP contribution in [0.2, 0.25) is 0 Å². The van der Waals surface area contributed by atoms with Crippen molar-refractivity contribution in [1.82, 2.24) is 0 Å². The first-order chi connectivity index (χ1) is 6.01. The van der Waals surface area contributed by atoms with Gasteiger partial charge in [0.15, 0.2) is 0 Å². The SMILES string of the molecule is [CH2]Cc1ccc(NS(=O)(=O)O)cc1. The van der Waals surface area contributed by atoms with Crippen molar-refractivity contribution in [3.63, 3.8) is 0 Å². The van der Waals surface area contributed by atoms with E-state index in [9.17, 15) is 8.42 Å². The summed E-state index contributed by atoms with van der Waals surface area (Å²) in [6, 6.07) is 6.60. The lowest BCUT2D eigenvalue weighted by Crippen LogP contribution is -2.10. The fourth-order valence-electron chi connectivity index (χ4n) is 0.888. The molecule has 1 radical (unpaired) electrons. The zero-order chi connectivity index (χ0) is 9.90. The summed E-state index contributed by atoms with van der Waals surface area (Å²) in [7, 11) is -4.16. The first-order valence-corrected chi connectivity index (χ1v) is 5.09. The van der Waals surface area contributed by atoms with Crippen molar-refractivity contribution in [2.24, 2.45) is 0 Å². The number of hydrogen-bond acceptors (Lipinski definition) is 2. The van der Waals surface area contributed by atoms with Crippen LogP contribution < -0.4 is 4.72 Å². The van der Waals surface area contributed by atoms with Crippen LogP contribution in [0.1, 0.15) is 5.56 Å². The maximum atomic E-state index is 10.4. The Labute approximate surface area is 77.5 Å². The maximum absolute atomic E-state index is 10.4. The van der Waals surface area contributed by atoms with Gasteiger partial charge in [-0.2, -0.15) is 8.42 Å². The van der Waals surface area contributed by atoms with E-state index in [0.29, 0.717) is 12.1 Å². The third kappa shape index (κ3) is 3.43. The molecule has 0 aromatic heterocycles. The molecule has 1 aromatic carbocycles. The zero-order valence-electron chi connectivity index (χ0n) is 6.90. The molecule has 13 heavy (non-hydrogen) atoms. The third-order valence-corrected chi connectivity index (χ3v) is 1.98.